The van der Waals surface area contributed by atoms with Gasteiger partial charge in [0.2, 0.25) is 0 Å². The molecule has 0 aliphatic heterocycles. The summed E-state index contributed by atoms with van der Waals surface area (Å²) in [4.78, 5) is 10.8. The van der Waals surface area contributed by atoms with Crippen molar-refractivity contribution in [2.45, 2.75) is 26.3 Å². The highest BCUT2D eigenvalue weighted by Gasteiger charge is 2.12. The topological polar surface area (TPSA) is 55.0 Å². The predicted molar refractivity (Wildman–Crippen MR) is 80.2 cm³/mol. The molecular formula is C15H22N4. The molecule has 0 spiro atoms. The quantitative estimate of drug-likeness (QED) is 0.895. The second-order valence-electron chi connectivity index (χ2n) is 5.33. The molecule has 0 radical (unpaired) electrons. The first-order chi connectivity index (χ1) is 9.09. The van der Waals surface area contributed by atoms with Crippen LogP contribution in [0.1, 0.15) is 20.3 Å². The number of aromatic nitrogens is 2. The van der Waals surface area contributed by atoms with Gasteiger partial charge in [0.15, 0.2) is 0 Å². The Morgan fingerprint density at radius 2 is 1.95 bits per heavy atom. The molecule has 102 valence electrons. The molecule has 1 aromatic carbocycles. The number of hydrogen-bond donors (Lipinski definition) is 1. The summed E-state index contributed by atoms with van der Waals surface area (Å²) in [5.41, 5.74) is 7.08. The van der Waals surface area contributed by atoms with Crippen LogP contribution in [0.5, 0.6) is 0 Å². The molecule has 1 heterocycles. The summed E-state index contributed by atoms with van der Waals surface area (Å²) in [7, 11) is 2.06. The van der Waals surface area contributed by atoms with Gasteiger partial charge in [-0.1, -0.05) is 26.0 Å². The highest BCUT2D eigenvalue weighted by Crippen LogP contribution is 2.21. The third-order valence-electron chi connectivity index (χ3n) is 3.54. The maximum absolute atomic E-state index is 6.10. The van der Waals surface area contributed by atoms with Crippen molar-refractivity contribution in [1.82, 2.24) is 9.97 Å². The minimum absolute atomic E-state index is 0.232. The van der Waals surface area contributed by atoms with Crippen molar-refractivity contribution in [2.24, 2.45) is 11.7 Å². The third-order valence-corrected chi connectivity index (χ3v) is 3.54. The van der Waals surface area contributed by atoms with Gasteiger partial charge >= 0.3 is 0 Å². The van der Waals surface area contributed by atoms with Gasteiger partial charge in [-0.25, -0.2) is 9.97 Å². The Kier molecular flexibility index (Phi) is 4.32. The molecule has 2 N–H and O–H groups in total. The Labute approximate surface area is 114 Å². The van der Waals surface area contributed by atoms with Crippen LogP contribution in [0.25, 0.3) is 10.9 Å². The fourth-order valence-electron chi connectivity index (χ4n) is 2.08. The van der Waals surface area contributed by atoms with E-state index in [1.807, 2.05) is 18.2 Å². The average molecular weight is 258 g/mol. The largest absolute Gasteiger partial charge is 0.359 e. The Balaban J connectivity index is 2.15. The number of fused-ring (bicyclic) bond motifs is 1. The predicted octanol–water partition coefficient (Wildman–Crippen LogP) is 2.44. The first-order valence-electron chi connectivity index (χ1n) is 6.76. The Hall–Kier alpha value is -1.68. The van der Waals surface area contributed by atoms with Crippen LogP contribution in [-0.2, 0) is 0 Å². The number of rotatable bonds is 5. The minimum atomic E-state index is 0.232. The van der Waals surface area contributed by atoms with Crippen LogP contribution in [0.4, 0.5) is 5.82 Å². The first kappa shape index (κ1) is 13.7. The van der Waals surface area contributed by atoms with Crippen molar-refractivity contribution in [3.05, 3.63) is 30.6 Å². The number of anilines is 1. The molecule has 4 heteroatoms. The van der Waals surface area contributed by atoms with Crippen LogP contribution in [0.2, 0.25) is 0 Å². The second-order valence-corrected chi connectivity index (χ2v) is 5.33. The van der Waals surface area contributed by atoms with E-state index in [0.717, 1.165) is 29.7 Å². The lowest BCUT2D eigenvalue weighted by molar-refractivity contribution is 0.466. The highest BCUT2D eigenvalue weighted by molar-refractivity contribution is 5.88. The van der Waals surface area contributed by atoms with Gasteiger partial charge in [0.25, 0.3) is 0 Å². The molecule has 0 amide bonds. The SMILES string of the molecule is CC(C)C(N)CCN(C)c1ncnc2ccccc12. The Bertz CT molecular complexity index is 533. The lowest BCUT2D eigenvalue weighted by atomic mass is 10.0. The molecule has 0 fully saturated rings. The zero-order valence-corrected chi connectivity index (χ0v) is 11.9. The molecule has 2 rings (SSSR count). The van der Waals surface area contributed by atoms with Gasteiger partial charge in [0.05, 0.1) is 5.52 Å². The normalized spacial score (nSPS) is 12.9. The number of hydrogen-bond acceptors (Lipinski definition) is 4. The molecule has 1 unspecified atom stereocenters. The summed E-state index contributed by atoms with van der Waals surface area (Å²) in [5, 5.41) is 1.09. The second kappa shape index (κ2) is 5.97. The Morgan fingerprint density at radius 1 is 1.21 bits per heavy atom. The van der Waals surface area contributed by atoms with Crippen molar-refractivity contribution < 1.29 is 0 Å². The average Bonchev–Trinajstić information content (AvgIpc) is 2.43. The molecule has 0 saturated carbocycles. The number of nitrogens with zero attached hydrogens (tertiary/aromatic N) is 3. The van der Waals surface area contributed by atoms with Gasteiger partial charge < -0.3 is 10.6 Å². The fourth-order valence-corrected chi connectivity index (χ4v) is 2.08. The standard InChI is InChI=1S/C15H22N4/c1-11(2)13(16)8-9-19(3)15-12-6-4-5-7-14(12)17-10-18-15/h4-7,10-11,13H,8-9,16H2,1-3H3. The summed E-state index contributed by atoms with van der Waals surface area (Å²) in [5.74, 6) is 1.48. The molecule has 0 aliphatic carbocycles. The van der Waals surface area contributed by atoms with Gasteiger partial charge in [0.1, 0.15) is 12.1 Å². The molecule has 0 saturated heterocycles. The summed E-state index contributed by atoms with van der Waals surface area (Å²) in [6, 6.07) is 8.31. The van der Waals surface area contributed by atoms with E-state index in [-0.39, 0.29) is 6.04 Å². The van der Waals surface area contributed by atoms with Gasteiger partial charge in [-0.3, -0.25) is 0 Å². The first-order valence-corrected chi connectivity index (χ1v) is 6.76. The van der Waals surface area contributed by atoms with E-state index in [0.29, 0.717) is 5.92 Å². The molecule has 4 nitrogen and oxygen atoms in total. The molecule has 0 aliphatic rings. The van der Waals surface area contributed by atoms with Crippen LogP contribution < -0.4 is 10.6 Å². The minimum Gasteiger partial charge on any atom is -0.359 e. The van der Waals surface area contributed by atoms with Crippen LogP contribution in [0, 0.1) is 5.92 Å². The van der Waals surface area contributed by atoms with Crippen molar-refractivity contribution in [1.29, 1.82) is 0 Å². The number of nitrogens with two attached hydrogens (primary N) is 1. The van der Waals surface area contributed by atoms with Crippen molar-refractivity contribution >= 4 is 16.7 Å². The zero-order valence-electron chi connectivity index (χ0n) is 11.9. The molecular weight excluding hydrogens is 236 g/mol. The van der Waals surface area contributed by atoms with Crippen LogP contribution in [0.15, 0.2) is 30.6 Å². The summed E-state index contributed by atoms with van der Waals surface area (Å²) in [6.45, 7) is 5.22. The van der Waals surface area contributed by atoms with Gasteiger partial charge in [-0.15, -0.1) is 0 Å². The smallest absolute Gasteiger partial charge is 0.139 e. The fraction of sp³-hybridized carbons (Fsp3) is 0.467. The van der Waals surface area contributed by atoms with Gasteiger partial charge in [-0.05, 0) is 24.5 Å². The number of benzene rings is 1. The maximum atomic E-state index is 6.10. The zero-order chi connectivity index (χ0) is 13.8. The van der Waals surface area contributed by atoms with Crippen LogP contribution in [0.3, 0.4) is 0 Å². The van der Waals surface area contributed by atoms with Gasteiger partial charge in [0, 0.05) is 25.0 Å². The van der Waals surface area contributed by atoms with E-state index < -0.39 is 0 Å². The third kappa shape index (κ3) is 3.20. The summed E-state index contributed by atoms with van der Waals surface area (Å²) >= 11 is 0. The van der Waals surface area contributed by atoms with E-state index in [4.69, 9.17) is 5.73 Å². The molecule has 0 bridgehead atoms. The maximum Gasteiger partial charge on any atom is 0.139 e. The van der Waals surface area contributed by atoms with Crippen LogP contribution in [-0.4, -0.2) is 29.6 Å². The monoisotopic (exact) mass is 258 g/mol. The van der Waals surface area contributed by atoms with Gasteiger partial charge in [-0.2, -0.15) is 0 Å². The number of para-hydroxylation sites is 1. The summed E-state index contributed by atoms with van der Waals surface area (Å²) in [6.07, 6.45) is 2.59. The molecule has 1 atom stereocenters. The van der Waals surface area contributed by atoms with E-state index in [9.17, 15) is 0 Å². The van der Waals surface area contributed by atoms with E-state index in [1.165, 1.54) is 0 Å². The van der Waals surface area contributed by atoms with E-state index in [2.05, 4.69) is 41.8 Å². The lowest BCUT2D eigenvalue weighted by Gasteiger charge is -2.23. The van der Waals surface area contributed by atoms with Crippen LogP contribution >= 0.6 is 0 Å². The lowest BCUT2D eigenvalue weighted by Crippen LogP contribution is -2.32. The van der Waals surface area contributed by atoms with Crippen molar-refractivity contribution in [2.75, 3.05) is 18.5 Å². The molecule has 2 aromatic rings. The Morgan fingerprint density at radius 3 is 2.68 bits per heavy atom. The summed E-state index contributed by atoms with van der Waals surface area (Å²) < 4.78 is 0. The van der Waals surface area contributed by atoms with Crippen molar-refractivity contribution in [3.8, 4) is 0 Å². The van der Waals surface area contributed by atoms with E-state index in [1.54, 1.807) is 6.33 Å². The molecule has 19 heavy (non-hydrogen) atoms. The highest BCUT2D eigenvalue weighted by atomic mass is 15.2. The molecule has 1 aromatic heterocycles. The van der Waals surface area contributed by atoms with E-state index >= 15 is 0 Å². The van der Waals surface area contributed by atoms with Crippen molar-refractivity contribution in [3.63, 3.8) is 0 Å².